The van der Waals surface area contributed by atoms with Gasteiger partial charge in [0.15, 0.2) is 0 Å². The average Bonchev–Trinajstić information content (AvgIpc) is 3.42. The molecular weight excluding hydrogens is 394 g/mol. The second-order valence-corrected chi connectivity index (χ2v) is 7.34. The van der Waals surface area contributed by atoms with Gasteiger partial charge in [0.25, 0.3) is 5.69 Å². The number of H-pyrrole nitrogens is 1. The Morgan fingerprint density at radius 1 is 0.871 bits per heavy atom. The Labute approximate surface area is 176 Å². The van der Waals surface area contributed by atoms with E-state index in [1.165, 1.54) is 23.3 Å². The molecule has 2 aromatic heterocycles. The van der Waals surface area contributed by atoms with E-state index in [1.54, 1.807) is 12.1 Å². The highest BCUT2D eigenvalue weighted by Gasteiger charge is 2.14. The van der Waals surface area contributed by atoms with E-state index in [0.29, 0.717) is 11.5 Å². The summed E-state index contributed by atoms with van der Waals surface area (Å²) in [6, 6.07) is 17.9. The molecular formula is C23H17N5O3. The Morgan fingerprint density at radius 3 is 2.29 bits per heavy atom. The molecule has 8 heteroatoms. The number of imidazole rings is 1. The van der Waals surface area contributed by atoms with Gasteiger partial charge in [-0.2, -0.15) is 0 Å². The minimum absolute atomic E-state index is 0.0298. The Hall–Kier alpha value is -4.33. The van der Waals surface area contributed by atoms with E-state index < -0.39 is 4.92 Å². The maximum Gasteiger partial charge on any atom is 0.270 e. The zero-order valence-electron chi connectivity index (χ0n) is 16.8. The van der Waals surface area contributed by atoms with Crippen molar-refractivity contribution >= 4 is 16.7 Å². The van der Waals surface area contributed by atoms with Crippen LogP contribution in [0.2, 0.25) is 0 Å². The molecule has 0 aliphatic rings. The van der Waals surface area contributed by atoms with Gasteiger partial charge in [0.05, 0.1) is 16.0 Å². The molecule has 0 amide bonds. The molecule has 0 bridgehead atoms. The number of aromatic nitrogens is 4. The zero-order chi connectivity index (χ0) is 21.5. The second-order valence-electron chi connectivity index (χ2n) is 7.34. The molecule has 5 aromatic rings. The van der Waals surface area contributed by atoms with Gasteiger partial charge in [0, 0.05) is 28.8 Å². The molecule has 3 aromatic carbocycles. The molecule has 0 unspecified atom stereocenters. The van der Waals surface area contributed by atoms with Crippen LogP contribution >= 0.6 is 0 Å². The highest BCUT2D eigenvalue weighted by Crippen LogP contribution is 2.28. The number of aromatic amines is 1. The van der Waals surface area contributed by atoms with Crippen molar-refractivity contribution in [3.8, 4) is 34.3 Å². The van der Waals surface area contributed by atoms with Gasteiger partial charge in [0.2, 0.25) is 11.8 Å². The number of nitro benzene ring substituents is 1. The molecule has 0 saturated heterocycles. The lowest BCUT2D eigenvalue weighted by atomic mass is 10.1. The van der Waals surface area contributed by atoms with Crippen LogP contribution in [0, 0.1) is 24.0 Å². The molecule has 8 nitrogen and oxygen atoms in total. The first-order chi connectivity index (χ1) is 15.0. The van der Waals surface area contributed by atoms with Crippen molar-refractivity contribution in [3.63, 3.8) is 0 Å². The monoisotopic (exact) mass is 411 g/mol. The molecule has 2 heterocycles. The SMILES string of the molecule is Cc1cc2nc(-c3ccc(-c4nnc(-c5cccc([N+](=O)[O-])c5)o4)cc3)[nH]c2cc1C. The maximum absolute atomic E-state index is 11.0. The molecule has 0 saturated carbocycles. The highest BCUT2D eigenvalue weighted by molar-refractivity contribution is 5.81. The van der Waals surface area contributed by atoms with Crippen molar-refractivity contribution in [2.24, 2.45) is 0 Å². The first-order valence-electron chi connectivity index (χ1n) is 9.64. The van der Waals surface area contributed by atoms with Crippen LogP contribution in [0.3, 0.4) is 0 Å². The Bertz CT molecular complexity index is 1390. The van der Waals surface area contributed by atoms with Gasteiger partial charge in [-0.25, -0.2) is 4.98 Å². The number of nitro groups is 1. The lowest BCUT2D eigenvalue weighted by Crippen LogP contribution is -1.88. The van der Waals surface area contributed by atoms with Crippen molar-refractivity contribution in [2.45, 2.75) is 13.8 Å². The molecule has 0 aliphatic carbocycles. The summed E-state index contributed by atoms with van der Waals surface area (Å²) >= 11 is 0. The van der Waals surface area contributed by atoms with Crippen LogP contribution in [-0.4, -0.2) is 25.1 Å². The summed E-state index contributed by atoms with van der Waals surface area (Å²) in [4.78, 5) is 18.6. The summed E-state index contributed by atoms with van der Waals surface area (Å²) in [6.45, 7) is 4.15. The van der Waals surface area contributed by atoms with Crippen molar-refractivity contribution < 1.29 is 9.34 Å². The van der Waals surface area contributed by atoms with Crippen LogP contribution in [0.4, 0.5) is 5.69 Å². The van der Waals surface area contributed by atoms with E-state index in [-0.39, 0.29) is 11.6 Å². The van der Waals surface area contributed by atoms with Crippen LogP contribution in [0.5, 0.6) is 0 Å². The van der Waals surface area contributed by atoms with Crippen LogP contribution in [0.15, 0.2) is 65.1 Å². The molecule has 1 N–H and O–H groups in total. The fraction of sp³-hybridized carbons (Fsp3) is 0.0870. The van der Waals surface area contributed by atoms with Crippen molar-refractivity contribution in [1.82, 2.24) is 20.2 Å². The number of aryl methyl sites for hydroxylation is 2. The fourth-order valence-corrected chi connectivity index (χ4v) is 3.39. The third-order valence-electron chi connectivity index (χ3n) is 5.23. The second kappa shape index (κ2) is 7.17. The average molecular weight is 411 g/mol. The van der Waals surface area contributed by atoms with Crippen LogP contribution in [0.25, 0.3) is 45.3 Å². The van der Waals surface area contributed by atoms with Crippen LogP contribution in [0.1, 0.15) is 11.1 Å². The van der Waals surface area contributed by atoms with Gasteiger partial charge in [0.1, 0.15) is 5.82 Å². The van der Waals surface area contributed by atoms with Gasteiger partial charge >= 0.3 is 0 Å². The molecule has 0 atom stereocenters. The fourth-order valence-electron chi connectivity index (χ4n) is 3.39. The number of hydrogen-bond acceptors (Lipinski definition) is 6. The lowest BCUT2D eigenvalue weighted by Gasteiger charge is -1.99. The quantitative estimate of drug-likeness (QED) is 0.310. The first kappa shape index (κ1) is 18.7. The molecule has 0 radical (unpaired) electrons. The van der Waals surface area contributed by atoms with E-state index in [0.717, 1.165) is 28.0 Å². The summed E-state index contributed by atoms with van der Waals surface area (Å²) in [5.41, 5.74) is 6.51. The third kappa shape index (κ3) is 3.44. The molecule has 0 aliphatic heterocycles. The predicted octanol–water partition coefficient (Wildman–Crippen LogP) is 5.47. The van der Waals surface area contributed by atoms with Crippen molar-refractivity contribution in [1.29, 1.82) is 0 Å². The van der Waals surface area contributed by atoms with Gasteiger partial charge in [-0.15, -0.1) is 10.2 Å². The normalized spacial score (nSPS) is 11.2. The smallest absolute Gasteiger partial charge is 0.270 e. The van der Waals surface area contributed by atoms with E-state index in [1.807, 2.05) is 24.3 Å². The van der Waals surface area contributed by atoms with E-state index in [4.69, 9.17) is 9.40 Å². The van der Waals surface area contributed by atoms with Crippen molar-refractivity contribution in [3.05, 3.63) is 81.9 Å². The van der Waals surface area contributed by atoms with Crippen molar-refractivity contribution in [2.75, 3.05) is 0 Å². The molecule has 0 spiro atoms. The van der Waals surface area contributed by atoms with Gasteiger partial charge in [-0.05, 0) is 55.3 Å². The Balaban J connectivity index is 1.43. The number of benzene rings is 3. The number of nitrogens with one attached hydrogen (secondary N) is 1. The number of hydrogen-bond donors (Lipinski definition) is 1. The Morgan fingerprint density at radius 2 is 1.55 bits per heavy atom. The zero-order valence-corrected chi connectivity index (χ0v) is 16.8. The summed E-state index contributed by atoms with van der Waals surface area (Å²) in [6.07, 6.45) is 0. The first-order valence-corrected chi connectivity index (χ1v) is 9.64. The summed E-state index contributed by atoms with van der Waals surface area (Å²) in [5, 5.41) is 19.1. The van der Waals surface area contributed by atoms with E-state index >= 15 is 0 Å². The molecule has 152 valence electrons. The molecule has 0 fully saturated rings. The summed E-state index contributed by atoms with van der Waals surface area (Å²) in [7, 11) is 0. The molecule has 5 rings (SSSR count). The third-order valence-corrected chi connectivity index (χ3v) is 5.23. The minimum Gasteiger partial charge on any atom is -0.416 e. The summed E-state index contributed by atoms with van der Waals surface area (Å²) < 4.78 is 5.74. The molecule has 31 heavy (non-hydrogen) atoms. The van der Waals surface area contributed by atoms with Gasteiger partial charge < -0.3 is 9.40 Å². The number of rotatable bonds is 4. The van der Waals surface area contributed by atoms with Gasteiger partial charge in [-0.3, -0.25) is 10.1 Å². The lowest BCUT2D eigenvalue weighted by molar-refractivity contribution is -0.384. The summed E-state index contributed by atoms with van der Waals surface area (Å²) in [5.74, 6) is 1.35. The number of non-ortho nitro benzene ring substituents is 1. The minimum atomic E-state index is -0.458. The largest absolute Gasteiger partial charge is 0.416 e. The Kier molecular flexibility index (Phi) is 4.32. The maximum atomic E-state index is 11.0. The highest BCUT2D eigenvalue weighted by atomic mass is 16.6. The van der Waals surface area contributed by atoms with E-state index in [2.05, 4.69) is 41.2 Å². The van der Waals surface area contributed by atoms with Crippen LogP contribution < -0.4 is 0 Å². The standard InChI is InChI=1S/C23H17N5O3/c1-13-10-19-20(11-14(13)2)25-21(24-19)15-6-8-16(9-7-15)22-26-27-23(31-22)17-4-3-5-18(12-17)28(29)30/h3-12H,1-2H3,(H,24,25). The van der Waals surface area contributed by atoms with E-state index in [9.17, 15) is 10.1 Å². The predicted molar refractivity (Wildman–Crippen MR) is 116 cm³/mol. The van der Waals surface area contributed by atoms with Crippen LogP contribution in [-0.2, 0) is 0 Å². The van der Waals surface area contributed by atoms with Gasteiger partial charge in [-0.1, -0.05) is 18.2 Å². The number of nitrogens with zero attached hydrogens (tertiary/aromatic N) is 4. The number of fused-ring (bicyclic) bond motifs is 1. The topological polar surface area (TPSA) is 111 Å².